The molecule has 1 N–H and O–H groups in total. The monoisotopic (exact) mass is 243 g/mol. The van der Waals surface area contributed by atoms with E-state index in [1.807, 2.05) is 0 Å². The van der Waals surface area contributed by atoms with E-state index < -0.39 is 0 Å². The largest absolute Gasteiger partial charge is 0.381 e. The molecule has 0 saturated heterocycles. The zero-order chi connectivity index (χ0) is 13.3. The van der Waals surface area contributed by atoms with Crippen LogP contribution in [0.2, 0.25) is 0 Å². The van der Waals surface area contributed by atoms with Crippen molar-refractivity contribution < 1.29 is 4.74 Å². The van der Waals surface area contributed by atoms with E-state index in [1.54, 1.807) is 0 Å². The van der Waals surface area contributed by atoms with Crippen molar-refractivity contribution in [2.24, 2.45) is 17.3 Å². The normalized spacial score (nSPS) is 15.5. The molecule has 0 amide bonds. The first-order chi connectivity index (χ1) is 7.92. The summed E-state index contributed by atoms with van der Waals surface area (Å²) in [6.45, 7) is 17.6. The van der Waals surface area contributed by atoms with Crippen LogP contribution in [0.25, 0.3) is 0 Å². The maximum atomic E-state index is 5.72. The Kier molecular flexibility index (Phi) is 8.89. The van der Waals surface area contributed by atoms with Crippen molar-refractivity contribution >= 4 is 0 Å². The van der Waals surface area contributed by atoms with Crippen LogP contribution in [0, 0.1) is 17.3 Å². The fraction of sp³-hybridized carbons (Fsp3) is 1.00. The van der Waals surface area contributed by atoms with Crippen molar-refractivity contribution in [2.45, 2.75) is 54.4 Å². The Morgan fingerprint density at radius 2 is 1.82 bits per heavy atom. The molecule has 0 heterocycles. The predicted octanol–water partition coefficient (Wildman–Crippen LogP) is 3.71. The zero-order valence-corrected chi connectivity index (χ0v) is 12.8. The first-order valence-corrected chi connectivity index (χ1v) is 7.20. The minimum atomic E-state index is 0.353. The van der Waals surface area contributed by atoms with E-state index in [2.05, 4.69) is 46.9 Å². The van der Waals surface area contributed by atoms with E-state index in [4.69, 9.17) is 4.74 Å². The lowest BCUT2D eigenvalue weighted by Crippen LogP contribution is -2.37. The molecule has 1 atom stereocenters. The van der Waals surface area contributed by atoms with Crippen LogP contribution >= 0.6 is 0 Å². The van der Waals surface area contributed by atoms with Gasteiger partial charge in [0.05, 0.1) is 0 Å². The molecule has 0 aromatic carbocycles. The summed E-state index contributed by atoms with van der Waals surface area (Å²) in [7, 11) is 0. The summed E-state index contributed by atoms with van der Waals surface area (Å²) in [4.78, 5) is 0. The minimum absolute atomic E-state index is 0.353. The third kappa shape index (κ3) is 7.77. The molecule has 0 aliphatic heterocycles. The van der Waals surface area contributed by atoms with Gasteiger partial charge in [-0.1, -0.05) is 41.5 Å². The topological polar surface area (TPSA) is 21.3 Å². The first-order valence-electron chi connectivity index (χ1n) is 7.20. The van der Waals surface area contributed by atoms with Crippen LogP contribution < -0.4 is 5.32 Å². The molecule has 2 nitrogen and oxygen atoms in total. The van der Waals surface area contributed by atoms with E-state index >= 15 is 0 Å². The Morgan fingerprint density at radius 3 is 2.29 bits per heavy atom. The molecule has 0 aliphatic carbocycles. The van der Waals surface area contributed by atoms with Crippen molar-refractivity contribution in [1.29, 1.82) is 0 Å². The first kappa shape index (κ1) is 16.9. The van der Waals surface area contributed by atoms with Gasteiger partial charge < -0.3 is 10.1 Å². The standard InChI is InChI=1S/C15H33NO/c1-7-9-16-12-15(6,14(4)5)8-10-17-11-13(2)3/h13-14,16H,7-12H2,1-6H3. The van der Waals surface area contributed by atoms with Crippen LogP contribution in [0.4, 0.5) is 0 Å². The van der Waals surface area contributed by atoms with Gasteiger partial charge in [-0.15, -0.1) is 0 Å². The van der Waals surface area contributed by atoms with Crippen molar-refractivity contribution in [3.8, 4) is 0 Å². The average molecular weight is 243 g/mol. The molecular weight excluding hydrogens is 210 g/mol. The summed E-state index contributed by atoms with van der Waals surface area (Å²) in [5.41, 5.74) is 0.353. The van der Waals surface area contributed by atoms with Crippen molar-refractivity contribution in [3.63, 3.8) is 0 Å². The second kappa shape index (κ2) is 8.93. The van der Waals surface area contributed by atoms with Gasteiger partial charge in [0, 0.05) is 19.8 Å². The van der Waals surface area contributed by atoms with Crippen LogP contribution in [0.3, 0.4) is 0 Å². The molecule has 17 heavy (non-hydrogen) atoms. The molecular formula is C15H33NO. The van der Waals surface area contributed by atoms with Crippen LogP contribution in [-0.2, 0) is 4.74 Å². The minimum Gasteiger partial charge on any atom is -0.381 e. The maximum absolute atomic E-state index is 5.72. The summed E-state index contributed by atoms with van der Waals surface area (Å²) in [6.07, 6.45) is 2.35. The molecule has 1 unspecified atom stereocenters. The third-order valence-corrected chi connectivity index (χ3v) is 3.62. The fourth-order valence-electron chi connectivity index (χ4n) is 1.76. The summed E-state index contributed by atoms with van der Waals surface area (Å²) < 4.78 is 5.72. The van der Waals surface area contributed by atoms with Crippen molar-refractivity contribution in [2.75, 3.05) is 26.3 Å². The van der Waals surface area contributed by atoms with E-state index in [9.17, 15) is 0 Å². The quantitative estimate of drug-likeness (QED) is 0.591. The van der Waals surface area contributed by atoms with Crippen LogP contribution in [0.5, 0.6) is 0 Å². The van der Waals surface area contributed by atoms with E-state index in [1.165, 1.54) is 6.42 Å². The van der Waals surface area contributed by atoms with E-state index in [0.29, 0.717) is 17.3 Å². The molecule has 0 spiro atoms. The van der Waals surface area contributed by atoms with Crippen LogP contribution in [0.15, 0.2) is 0 Å². The molecule has 0 radical (unpaired) electrons. The molecule has 2 heteroatoms. The van der Waals surface area contributed by atoms with E-state index in [-0.39, 0.29) is 0 Å². The smallest absolute Gasteiger partial charge is 0.0488 e. The van der Waals surface area contributed by atoms with Gasteiger partial charge in [-0.3, -0.25) is 0 Å². The summed E-state index contributed by atoms with van der Waals surface area (Å²) in [5, 5.41) is 3.55. The third-order valence-electron chi connectivity index (χ3n) is 3.62. The summed E-state index contributed by atoms with van der Waals surface area (Å²) >= 11 is 0. The van der Waals surface area contributed by atoms with Gasteiger partial charge in [-0.05, 0) is 36.6 Å². The maximum Gasteiger partial charge on any atom is 0.0488 e. The van der Waals surface area contributed by atoms with Crippen LogP contribution in [-0.4, -0.2) is 26.3 Å². The molecule has 0 fully saturated rings. The Morgan fingerprint density at radius 1 is 1.18 bits per heavy atom. The SMILES string of the molecule is CCCNCC(C)(CCOCC(C)C)C(C)C. The van der Waals surface area contributed by atoms with Gasteiger partial charge in [0.1, 0.15) is 0 Å². The molecule has 0 bridgehead atoms. The highest BCUT2D eigenvalue weighted by Gasteiger charge is 2.27. The van der Waals surface area contributed by atoms with Gasteiger partial charge in [-0.25, -0.2) is 0 Å². The van der Waals surface area contributed by atoms with Gasteiger partial charge in [0.15, 0.2) is 0 Å². The number of nitrogens with one attached hydrogen (secondary N) is 1. The molecule has 0 rings (SSSR count). The lowest BCUT2D eigenvalue weighted by molar-refractivity contribution is 0.0651. The van der Waals surface area contributed by atoms with Gasteiger partial charge in [0.25, 0.3) is 0 Å². The highest BCUT2D eigenvalue weighted by molar-refractivity contribution is 4.80. The second-order valence-corrected chi connectivity index (χ2v) is 6.20. The molecule has 0 aromatic heterocycles. The van der Waals surface area contributed by atoms with E-state index in [0.717, 1.165) is 32.7 Å². The summed E-state index contributed by atoms with van der Waals surface area (Å²) in [6, 6.07) is 0. The average Bonchev–Trinajstić information content (AvgIpc) is 2.24. The van der Waals surface area contributed by atoms with Crippen LogP contribution in [0.1, 0.15) is 54.4 Å². The molecule has 104 valence electrons. The number of ether oxygens (including phenoxy) is 1. The molecule has 0 saturated carbocycles. The zero-order valence-electron chi connectivity index (χ0n) is 12.8. The highest BCUT2D eigenvalue weighted by atomic mass is 16.5. The van der Waals surface area contributed by atoms with Crippen molar-refractivity contribution in [3.05, 3.63) is 0 Å². The van der Waals surface area contributed by atoms with Crippen molar-refractivity contribution in [1.82, 2.24) is 5.32 Å². The predicted molar refractivity (Wildman–Crippen MR) is 76.4 cm³/mol. The highest BCUT2D eigenvalue weighted by Crippen LogP contribution is 2.30. The number of rotatable bonds is 10. The summed E-state index contributed by atoms with van der Waals surface area (Å²) in [5.74, 6) is 1.33. The fourth-order valence-corrected chi connectivity index (χ4v) is 1.76. The van der Waals surface area contributed by atoms with Gasteiger partial charge in [-0.2, -0.15) is 0 Å². The Bertz CT molecular complexity index is 180. The Hall–Kier alpha value is -0.0800. The Balaban J connectivity index is 3.94. The number of hydrogen-bond acceptors (Lipinski definition) is 2. The Labute approximate surface area is 109 Å². The number of hydrogen-bond donors (Lipinski definition) is 1. The van der Waals surface area contributed by atoms with Gasteiger partial charge >= 0.3 is 0 Å². The molecule has 0 aliphatic rings. The second-order valence-electron chi connectivity index (χ2n) is 6.20. The lowest BCUT2D eigenvalue weighted by atomic mass is 9.76. The van der Waals surface area contributed by atoms with Gasteiger partial charge in [0.2, 0.25) is 0 Å². The molecule has 0 aromatic rings. The lowest BCUT2D eigenvalue weighted by Gasteiger charge is -2.34.